The van der Waals surface area contributed by atoms with E-state index in [0.29, 0.717) is 5.69 Å². The van der Waals surface area contributed by atoms with Crippen molar-refractivity contribution in [3.8, 4) is 5.75 Å². The largest absolute Gasteiger partial charge is 0.494 e. The van der Waals surface area contributed by atoms with Crippen molar-refractivity contribution in [2.75, 3.05) is 6.61 Å². The van der Waals surface area contributed by atoms with Gasteiger partial charge in [0.05, 0.1) is 18.0 Å². The second-order valence-corrected chi connectivity index (χ2v) is 6.93. The van der Waals surface area contributed by atoms with Gasteiger partial charge in [0.25, 0.3) is 0 Å². The second kappa shape index (κ2) is 13.3. The van der Waals surface area contributed by atoms with Crippen LogP contribution >= 0.6 is 0 Å². The van der Waals surface area contributed by atoms with Gasteiger partial charge in [0, 0.05) is 6.08 Å². The first-order valence-electron chi connectivity index (χ1n) is 10.3. The minimum Gasteiger partial charge on any atom is -0.494 e. The number of hydrogen-bond donors (Lipinski definition) is 1. The molecule has 0 unspecified atom stereocenters. The van der Waals surface area contributed by atoms with Crippen LogP contribution in [0.3, 0.4) is 0 Å². The Labute approximate surface area is 173 Å². The number of hydrogen-bond acceptors (Lipinski definition) is 4. The van der Waals surface area contributed by atoms with Gasteiger partial charge in [0.2, 0.25) is 0 Å². The molecular formula is C24H30N2O3. The first-order valence-corrected chi connectivity index (χ1v) is 10.3. The maximum atomic E-state index is 10.5. The highest BCUT2D eigenvalue weighted by Crippen LogP contribution is 2.22. The van der Waals surface area contributed by atoms with Gasteiger partial charge in [-0.15, -0.1) is 0 Å². The van der Waals surface area contributed by atoms with Gasteiger partial charge in [-0.2, -0.15) is 10.2 Å². The van der Waals surface area contributed by atoms with Gasteiger partial charge >= 0.3 is 5.97 Å². The van der Waals surface area contributed by atoms with Crippen LogP contribution in [0.25, 0.3) is 6.08 Å². The van der Waals surface area contributed by atoms with Gasteiger partial charge in [-0.1, -0.05) is 57.6 Å². The van der Waals surface area contributed by atoms with Gasteiger partial charge in [-0.3, -0.25) is 0 Å². The minimum atomic E-state index is -0.969. The highest BCUT2D eigenvalue weighted by molar-refractivity contribution is 5.85. The maximum absolute atomic E-state index is 10.5. The maximum Gasteiger partial charge on any atom is 0.328 e. The standard InChI is InChI=1S/C24H30N2O3/c1-2-3-4-5-6-7-8-19-29-23-16-14-22(15-17-23)26-25-21-12-9-20(10-13-21)11-18-24(27)28/h9-18H,2-8,19H2,1H3,(H,27,28). The molecule has 0 bridgehead atoms. The van der Waals surface area contributed by atoms with Crippen LogP contribution in [0.1, 0.15) is 57.4 Å². The Morgan fingerprint density at radius 2 is 1.41 bits per heavy atom. The van der Waals surface area contributed by atoms with Crippen molar-refractivity contribution < 1.29 is 14.6 Å². The van der Waals surface area contributed by atoms with E-state index < -0.39 is 5.97 Å². The van der Waals surface area contributed by atoms with Gasteiger partial charge in [-0.05, 0) is 54.5 Å². The van der Waals surface area contributed by atoms with Gasteiger partial charge in [-0.25, -0.2) is 4.79 Å². The third kappa shape index (κ3) is 9.70. The number of carboxylic acids is 1. The van der Waals surface area contributed by atoms with Crippen molar-refractivity contribution >= 4 is 23.4 Å². The van der Waals surface area contributed by atoms with Crippen molar-refractivity contribution in [3.05, 3.63) is 60.2 Å². The molecule has 2 rings (SSSR count). The van der Waals surface area contributed by atoms with E-state index in [1.807, 2.05) is 24.3 Å². The molecule has 0 spiro atoms. The molecule has 29 heavy (non-hydrogen) atoms. The van der Waals surface area contributed by atoms with E-state index in [-0.39, 0.29) is 0 Å². The lowest BCUT2D eigenvalue weighted by atomic mass is 10.1. The van der Waals surface area contributed by atoms with Crippen LogP contribution in [-0.2, 0) is 4.79 Å². The fourth-order valence-electron chi connectivity index (χ4n) is 2.79. The predicted octanol–water partition coefficient (Wildman–Crippen LogP) is 7.33. The summed E-state index contributed by atoms with van der Waals surface area (Å²) in [6.07, 6.45) is 11.6. The molecule has 0 amide bonds. The fourth-order valence-corrected chi connectivity index (χ4v) is 2.79. The summed E-state index contributed by atoms with van der Waals surface area (Å²) >= 11 is 0. The number of ether oxygens (including phenoxy) is 1. The van der Waals surface area contributed by atoms with Crippen LogP contribution in [0.5, 0.6) is 5.75 Å². The highest BCUT2D eigenvalue weighted by atomic mass is 16.5. The van der Waals surface area contributed by atoms with E-state index >= 15 is 0 Å². The van der Waals surface area contributed by atoms with E-state index in [9.17, 15) is 4.79 Å². The molecule has 5 nitrogen and oxygen atoms in total. The Morgan fingerprint density at radius 1 is 0.862 bits per heavy atom. The lowest BCUT2D eigenvalue weighted by Gasteiger charge is -2.06. The van der Waals surface area contributed by atoms with E-state index in [4.69, 9.17) is 9.84 Å². The zero-order valence-corrected chi connectivity index (χ0v) is 17.1. The molecule has 0 aliphatic heterocycles. The number of nitrogens with zero attached hydrogens (tertiary/aromatic N) is 2. The molecule has 2 aromatic rings. The molecule has 0 aliphatic rings. The summed E-state index contributed by atoms with van der Waals surface area (Å²) in [6, 6.07) is 14.8. The summed E-state index contributed by atoms with van der Waals surface area (Å²) in [5.41, 5.74) is 2.26. The van der Waals surface area contributed by atoms with Crippen LogP contribution in [0, 0.1) is 0 Å². The Kier molecular flexibility index (Phi) is 10.2. The SMILES string of the molecule is CCCCCCCCCOc1ccc(N=Nc2ccc(C=CC(=O)O)cc2)cc1. The minimum absolute atomic E-state index is 0.705. The van der Waals surface area contributed by atoms with Gasteiger partial charge in [0.15, 0.2) is 0 Å². The molecule has 0 heterocycles. The molecule has 154 valence electrons. The molecule has 2 aromatic carbocycles. The van der Waals surface area contributed by atoms with Crippen molar-refractivity contribution in [2.24, 2.45) is 10.2 Å². The third-order valence-corrected chi connectivity index (χ3v) is 4.45. The fraction of sp³-hybridized carbons (Fsp3) is 0.375. The molecule has 1 N–H and O–H groups in total. The molecule has 0 fully saturated rings. The molecular weight excluding hydrogens is 364 g/mol. The number of rotatable bonds is 13. The van der Waals surface area contributed by atoms with Crippen LogP contribution < -0.4 is 4.74 Å². The number of carbonyl (C=O) groups is 1. The first-order chi connectivity index (χ1) is 14.2. The van der Waals surface area contributed by atoms with Crippen LogP contribution in [0.4, 0.5) is 11.4 Å². The number of benzene rings is 2. The Balaban J connectivity index is 1.72. The average molecular weight is 395 g/mol. The molecule has 0 saturated carbocycles. The molecule has 0 atom stereocenters. The van der Waals surface area contributed by atoms with E-state index in [1.54, 1.807) is 24.3 Å². The average Bonchev–Trinajstić information content (AvgIpc) is 2.74. The van der Waals surface area contributed by atoms with Gasteiger partial charge < -0.3 is 9.84 Å². The van der Waals surface area contributed by atoms with Crippen molar-refractivity contribution in [3.63, 3.8) is 0 Å². The smallest absolute Gasteiger partial charge is 0.328 e. The Bertz CT molecular complexity index is 781. The summed E-state index contributed by atoms with van der Waals surface area (Å²) < 4.78 is 5.78. The second-order valence-electron chi connectivity index (χ2n) is 6.93. The number of unbranched alkanes of at least 4 members (excludes halogenated alkanes) is 6. The summed E-state index contributed by atoms with van der Waals surface area (Å²) in [5.74, 6) is -0.117. The first kappa shape index (κ1) is 22.3. The normalized spacial score (nSPS) is 11.3. The number of carboxylic acid groups (broad SMARTS) is 1. The lowest BCUT2D eigenvalue weighted by molar-refractivity contribution is -0.131. The molecule has 0 radical (unpaired) electrons. The van der Waals surface area contributed by atoms with Crippen LogP contribution in [-0.4, -0.2) is 17.7 Å². The summed E-state index contributed by atoms with van der Waals surface area (Å²) in [4.78, 5) is 10.5. The van der Waals surface area contributed by atoms with E-state index in [0.717, 1.165) is 36.1 Å². The molecule has 5 heteroatoms. The van der Waals surface area contributed by atoms with E-state index in [2.05, 4.69) is 17.2 Å². The zero-order chi connectivity index (χ0) is 20.7. The topological polar surface area (TPSA) is 71.2 Å². The van der Waals surface area contributed by atoms with E-state index in [1.165, 1.54) is 44.6 Å². The lowest BCUT2D eigenvalue weighted by Crippen LogP contribution is -1.96. The third-order valence-electron chi connectivity index (χ3n) is 4.45. The summed E-state index contributed by atoms with van der Waals surface area (Å²) in [5, 5.41) is 17.1. The summed E-state index contributed by atoms with van der Waals surface area (Å²) in [7, 11) is 0. The van der Waals surface area contributed by atoms with Crippen LogP contribution in [0.15, 0.2) is 64.8 Å². The molecule has 0 saturated heterocycles. The van der Waals surface area contributed by atoms with Crippen molar-refractivity contribution in [1.82, 2.24) is 0 Å². The molecule has 0 aromatic heterocycles. The van der Waals surface area contributed by atoms with Crippen molar-refractivity contribution in [1.29, 1.82) is 0 Å². The number of aliphatic carboxylic acids is 1. The highest BCUT2D eigenvalue weighted by Gasteiger charge is 1.97. The number of azo groups is 1. The van der Waals surface area contributed by atoms with Crippen LogP contribution in [0.2, 0.25) is 0 Å². The molecule has 0 aliphatic carbocycles. The quantitative estimate of drug-likeness (QED) is 0.220. The van der Waals surface area contributed by atoms with Crippen molar-refractivity contribution in [2.45, 2.75) is 51.9 Å². The Morgan fingerprint density at radius 3 is 2.00 bits per heavy atom. The summed E-state index contributed by atoms with van der Waals surface area (Å²) in [6.45, 7) is 2.99. The Hall–Kier alpha value is -2.95. The zero-order valence-electron chi connectivity index (χ0n) is 17.1. The monoisotopic (exact) mass is 394 g/mol. The predicted molar refractivity (Wildman–Crippen MR) is 117 cm³/mol. The van der Waals surface area contributed by atoms with Gasteiger partial charge in [0.1, 0.15) is 5.75 Å².